The number of rotatable bonds is 2. The molecule has 2 N–H and O–H groups in total. The predicted octanol–water partition coefficient (Wildman–Crippen LogP) is 0.539. The number of hydrogen-bond donors (Lipinski definition) is 2. The largest absolute Gasteiger partial charge is 0.318 e. The van der Waals surface area contributed by atoms with Crippen LogP contribution in [0.4, 0.5) is 5.69 Å². The first kappa shape index (κ1) is 11.4. The summed E-state index contributed by atoms with van der Waals surface area (Å²) >= 11 is 0. The average molecular weight is 257 g/mol. The molecule has 0 fully saturated rings. The SMILES string of the molecule is O=C1CCC(C(=O)Nc2cccn3ccnc23)=NN1. The predicted molar refractivity (Wildman–Crippen MR) is 68.6 cm³/mol. The van der Waals surface area contributed by atoms with Crippen LogP contribution in [0.2, 0.25) is 0 Å². The Morgan fingerprint density at radius 1 is 1.37 bits per heavy atom. The molecule has 7 nitrogen and oxygen atoms in total. The topological polar surface area (TPSA) is 87.9 Å². The van der Waals surface area contributed by atoms with Gasteiger partial charge in [0.05, 0.1) is 5.69 Å². The number of carbonyl (C=O) groups excluding carboxylic acids is 2. The second kappa shape index (κ2) is 4.52. The molecule has 3 rings (SSSR count). The lowest BCUT2D eigenvalue weighted by Gasteiger charge is -2.12. The highest BCUT2D eigenvalue weighted by Gasteiger charge is 2.19. The molecule has 96 valence electrons. The number of pyridine rings is 1. The molecule has 2 aromatic heterocycles. The summed E-state index contributed by atoms with van der Waals surface area (Å²) in [5.74, 6) is -0.497. The van der Waals surface area contributed by atoms with Crippen molar-refractivity contribution >= 4 is 28.9 Å². The summed E-state index contributed by atoms with van der Waals surface area (Å²) in [6.07, 6.45) is 5.91. The van der Waals surface area contributed by atoms with E-state index in [0.29, 0.717) is 23.5 Å². The second-order valence-electron chi connectivity index (χ2n) is 4.13. The van der Waals surface area contributed by atoms with Crippen LogP contribution in [0.1, 0.15) is 12.8 Å². The number of imidazole rings is 1. The van der Waals surface area contributed by atoms with Gasteiger partial charge in [0.1, 0.15) is 5.71 Å². The Kier molecular flexibility index (Phi) is 2.71. The molecule has 0 atom stereocenters. The Morgan fingerprint density at radius 3 is 3.05 bits per heavy atom. The van der Waals surface area contributed by atoms with E-state index in [0.717, 1.165) is 0 Å². The van der Waals surface area contributed by atoms with Crippen LogP contribution < -0.4 is 10.7 Å². The van der Waals surface area contributed by atoms with Gasteiger partial charge in [-0.15, -0.1) is 0 Å². The third kappa shape index (κ3) is 2.17. The van der Waals surface area contributed by atoms with Gasteiger partial charge in [0.2, 0.25) is 5.91 Å². The molecule has 0 saturated heterocycles. The zero-order valence-corrected chi connectivity index (χ0v) is 9.96. The molecular formula is C12H11N5O2. The lowest BCUT2D eigenvalue weighted by Crippen LogP contribution is -2.32. The van der Waals surface area contributed by atoms with Crippen molar-refractivity contribution in [3.05, 3.63) is 30.7 Å². The fraction of sp³-hybridized carbons (Fsp3) is 0.167. The van der Waals surface area contributed by atoms with E-state index < -0.39 is 0 Å². The number of amides is 2. The van der Waals surface area contributed by atoms with Crippen molar-refractivity contribution in [3.8, 4) is 0 Å². The van der Waals surface area contributed by atoms with Crippen molar-refractivity contribution in [1.29, 1.82) is 0 Å². The van der Waals surface area contributed by atoms with E-state index in [1.807, 2.05) is 12.3 Å². The van der Waals surface area contributed by atoms with Crippen LogP contribution >= 0.6 is 0 Å². The monoisotopic (exact) mass is 257 g/mol. The van der Waals surface area contributed by atoms with Crippen LogP contribution in [0, 0.1) is 0 Å². The second-order valence-corrected chi connectivity index (χ2v) is 4.13. The van der Waals surface area contributed by atoms with Gasteiger partial charge in [-0.05, 0) is 12.1 Å². The number of nitrogens with zero attached hydrogens (tertiary/aromatic N) is 3. The van der Waals surface area contributed by atoms with E-state index in [1.165, 1.54) is 0 Å². The van der Waals surface area contributed by atoms with Gasteiger partial charge in [-0.3, -0.25) is 9.59 Å². The first-order valence-electron chi connectivity index (χ1n) is 5.82. The Labute approximate surface area is 108 Å². The highest BCUT2D eigenvalue weighted by molar-refractivity contribution is 6.43. The molecule has 0 radical (unpaired) electrons. The number of anilines is 1. The number of aromatic nitrogens is 2. The maximum atomic E-state index is 12.0. The number of carbonyl (C=O) groups is 2. The van der Waals surface area contributed by atoms with Crippen molar-refractivity contribution in [2.24, 2.45) is 5.10 Å². The van der Waals surface area contributed by atoms with Crippen LogP contribution in [0.25, 0.3) is 5.65 Å². The summed E-state index contributed by atoms with van der Waals surface area (Å²) in [6, 6.07) is 3.58. The molecule has 0 spiro atoms. The van der Waals surface area contributed by atoms with Gasteiger partial charge < -0.3 is 9.72 Å². The number of nitrogens with one attached hydrogen (secondary N) is 2. The van der Waals surface area contributed by atoms with Crippen molar-refractivity contribution in [1.82, 2.24) is 14.8 Å². The van der Waals surface area contributed by atoms with Crippen molar-refractivity contribution in [2.45, 2.75) is 12.8 Å². The Hall–Kier alpha value is -2.70. The molecule has 0 bridgehead atoms. The lowest BCUT2D eigenvalue weighted by molar-refractivity contribution is -0.121. The molecule has 2 aromatic rings. The van der Waals surface area contributed by atoms with Crippen LogP contribution in [0.15, 0.2) is 35.8 Å². The Balaban J connectivity index is 1.83. The minimum absolute atomic E-state index is 0.174. The summed E-state index contributed by atoms with van der Waals surface area (Å²) in [6.45, 7) is 0. The summed E-state index contributed by atoms with van der Waals surface area (Å²) in [5.41, 5.74) is 3.88. The van der Waals surface area contributed by atoms with Crippen molar-refractivity contribution in [2.75, 3.05) is 5.32 Å². The van der Waals surface area contributed by atoms with Crippen LogP contribution in [0.3, 0.4) is 0 Å². The fourth-order valence-corrected chi connectivity index (χ4v) is 1.88. The molecular weight excluding hydrogens is 246 g/mol. The van der Waals surface area contributed by atoms with E-state index >= 15 is 0 Å². The van der Waals surface area contributed by atoms with E-state index in [9.17, 15) is 9.59 Å². The van der Waals surface area contributed by atoms with Gasteiger partial charge in [0.25, 0.3) is 5.91 Å². The van der Waals surface area contributed by atoms with E-state index in [2.05, 4.69) is 20.8 Å². The maximum absolute atomic E-state index is 12.0. The molecule has 0 unspecified atom stereocenters. The molecule has 1 aliphatic heterocycles. The van der Waals surface area contributed by atoms with Gasteiger partial charge in [-0.25, -0.2) is 10.4 Å². The van der Waals surface area contributed by atoms with E-state index in [1.54, 1.807) is 22.9 Å². The molecule has 3 heterocycles. The van der Waals surface area contributed by atoms with E-state index in [-0.39, 0.29) is 18.2 Å². The third-order valence-electron chi connectivity index (χ3n) is 2.83. The molecule has 1 aliphatic rings. The first-order chi connectivity index (χ1) is 9.24. The Bertz CT molecular complexity index is 688. The van der Waals surface area contributed by atoms with Gasteiger partial charge in [-0.2, -0.15) is 5.10 Å². The number of fused-ring (bicyclic) bond motifs is 1. The number of hydrogen-bond acceptors (Lipinski definition) is 4. The van der Waals surface area contributed by atoms with Gasteiger partial charge in [-0.1, -0.05) is 0 Å². The molecule has 0 aromatic carbocycles. The Morgan fingerprint density at radius 2 is 2.26 bits per heavy atom. The summed E-state index contributed by atoms with van der Waals surface area (Å²) in [5, 5.41) is 6.50. The lowest BCUT2D eigenvalue weighted by atomic mass is 10.1. The maximum Gasteiger partial charge on any atom is 0.271 e. The van der Waals surface area contributed by atoms with Gasteiger partial charge in [0, 0.05) is 31.4 Å². The van der Waals surface area contributed by atoms with Gasteiger partial charge >= 0.3 is 0 Å². The van der Waals surface area contributed by atoms with E-state index in [4.69, 9.17) is 0 Å². The highest BCUT2D eigenvalue weighted by atomic mass is 16.2. The zero-order valence-electron chi connectivity index (χ0n) is 9.96. The van der Waals surface area contributed by atoms with Crippen molar-refractivity contribution in [3.63, 3.8) is 0 Å². The molecule has 19 heavy (non-hydrogen) atoms. The minimum Gasteiger partial charge on any atom is -0.318 e. The van der Waals surface area contributed by atoms with Gasteiger partial charge in [0.15, 0.2) is 5.65 Å². The molecule has 2 amide bonds. The smallest absolute Gasteiger partial charge is 0.271 e. The normalized spacial score (nSPS) is 14.9. The average Bonchev–Trinajstić information content (AvgIpc) is 2.89. The summed E-state index contributed by atoms with van der Waals surface area (Å²) in [7, 11) is 0. The summed E-state index contributed by atoms with van der Waals surface area (Å²) in [4.78, 5) is 27.1. The standard InChI is InChI=1S/C12H11N5O2/c18-10-4-3-9(15-16-10)12(19)14-8-2-1-6-17-7-5-13-11(8)17/h1-2,5-7H,3-4H2,(H,14,19)(H,16,18). The molecule has 7 heteroatoms. The quantitative estimate of drug-likeness (QED) is 0.823. The fourth-order valence-electron chi connectivity index (χ4n) is 1.88. The van der Waals surface area contributed by atoms with Crippen LogP contribution in [-0.2, 0) is 9.59 Å². The molecule has 0 saturated carbocycles. The highest BCUT2D eigenvalue weighted by Crippen LogP contribution is 2.15. The minimum atomic E-state index is -0.323. The summed E-state index contributed by atoms with van der Waals surface area (Å²) < 4.78 is 1.81. The molecule has 0 aliphatic carbocycles. The van der Waals surface area contributed by atoms with Crippen LogP contribution in [-0.4, -0.2) is 26.9 Å². The number of hydrazone groups is 1. The third-order valence-corrected chi connectivity index (χ3v) is 2.83. The van der Waals surface area contributed by atoms with Crippen LogP contribution in [0.5, 0.6) is 0 Å². The zero-order chi connectivity index (χ0) is 13.2. The first-order valence-corrected chi connectivity index (χ1v) is 5.82. The van der Waals surface area contributed by atoms with Crippen molar-refractivity contribution < 1.29 is 9.59 Å².